The van der Waals surface area contributed by atoms with Crippen molar-refractivity contribution in [1.82, 2.24) is 14.8 Å². The molecular weight excluding hydrogens is 450 g/mol. The molecule has 0 N–H and O–H groups in total. The van der Waals surface area contributed by atoms with Crippen LogP contribution in [0.4, 0.5) is 0 Å². The van der Waals surface area contributed by atoms with Gasteiger partial charge in [0.1, 0.15) is 17.4 Å². The van der Waals surface area contributed by atoms with Gasteiger partial charge in [-0.2, -0.15) is 0 Å². The maximum Gasteiger partial charge on any atom is 0.184 e. The van der Waals surface area contributed by atoms with Crippen LogP contribution in [0.5, 0.6) is 5.75 Å². The van der Waals surface area contributed by atoms with Crippen molar-refractivity contribution in [2.24, 2.45) is 0 Å². The fourth-order valence-corrected chi connectivity index (χ4v) is 5.53. The molecule has 0 aliphatic carbocycles. The van der Waals surface area contributed by atoms with Crippen LogP contribution in [0.15, 0.2) is 64.3 Å². The first-order valence-electron chi connectivity index (χ1n) is 8.27. The minimum Gasteiger partial charge on any atom is -0.486 e. The average molecular weight is 464 g/mol. The lowest BCUT2D eigenvalue weighted by atomic mass is 10.3. The zero-order valence-electron chi connectivity index (χ0n) is 14.4. The Labute approximate surface area is 184 Å². The third-order valence-electron chi connectivity index (χ3n) is 3.65. The first-order valence-corrected chi connectivity index (χ1v) is 11.7. The lowest BCUT2D eigenvalue weighted by molar-refractivity contribution is 0.305. The highest BCUT2D eigenvalue weighted by Gasteiger charge is 2.09. The highest BCUT2D eigenvalue weighted by atomic mass is 35.5. The Hall–Kier alpha value is -1.71. The standard InChI is InChI=1S/C19H14ClN3OS4/c20-13-6-8-16(9-7-13)24-10-17-21-14(11-26-17)12-27-18-22-23(19(25)28-18)15-4-2-1-3-5-15/h1-9,11H,10,12H2. The summed E-state index contributed by atoms with van der Waals surface area (Å²) in [5, 5.41) is 8.31. The van der Waals surface area contributed by atoms with Crippen LogP contribution in [0, 0.1) is 3.95 Å². The van der Waals surface area contributed by atoms with Crippen molar-refractivity contribution in [2.45, 2.75) is 16.7 Å². The highest BCUT2D eigenvalue weighted by molar-refractivity contribution is 8.00. The van der Waals surface area contributed by atoms with E-state index in [9.17, 15) is 0 Å². The van der Waals surface area contributed by atoms with E-state index in [2.05, 4.69) is 15.5 Å². The number of thioether (sulfide) groups is 1. The molecule has 0 aliphatic heterocycles. The van der Waals surface area contributed by atoms with Gasteiger partial charge in [0, 0.05) is 16.2 Å². The summed E-state index contributed by atoms with van der Waals surface area (Å²) in [6.45, 7) is 0.443. The van der Waals surface area contributed by atoms with Crippen LogP contribution < -0.4 is 4.74 Å². The molecule has 0 atom stereocenters. The Morgan fingerprint density at radius 2 is 1.89 bits per heavy atom. The normalized spacial score (nSPS) is 10.9. The number of nitrogens with zero attached hydrogens (tertiary/aromatic N) is 3. The van der Waals surface area contributed by atoms with E-state index in [0.717, 1.165) is 36.2 Å². The Balaban J connectivity index is 1.35. The van der Waals surface area contributed by atoms with E-state index in [4.69, 9.17) is 28.6 Å². The smallest absolute Gasteiger partial charge is 0.184 e. The number of benzene rings is 2. The quantitative estimate of drug-likeness (QED) is 0.227. The molecule has 0 spiro atoms. The van der Waals surface area contributed by atoms with Crippen molar-refractivity contribution in [3.05, 3.63) is 79.7 Å². The molecule has 0 amide bonds. The Morgan fingerprint density at radius 3 is 2.68 bits per heavy atom. The van der Waals surface area contributed by atoms with E-state index in [1.54, 1.807) is 27.8 Å². The van der Waals surface area contributed by atoms with Gasteiger partial charge >= 0.3 is 0 Å². The molecule has 0 fully saturated rings. The van der Waals surface area contributed by atoms with Gasteiger partial charge in [0.2, 0.25) is 0 Å². The van der Waals surface area contributed by atoms with Crippen molar-refractivity contribution >= 4 is 58.3 Å². The van der Waals surface area contributed by atoms with Crippen molar-refractivity contribution in [1.29, 1.82) is 0 Å². The number of thiazole rings is 1. The summed E-state index contributed by atoms with van der Waals surface area (Å²) in [5.74, 6) is 1.52. The van der Waals surface area contributed by atoms with Crippen LogP contribution in [0.3, 0.4) is 0 Å². The number of rotatable bonds is 7. The molecule has 0 radical (unpaired) electrons. The molecule has 28 heavy (non-hydrogen) atoms. The van der Waals surface area contributed by atoms with Crippen LogP contribution in [0.1, 0.15) is 10.7 Å². The van der Waals surface area contributed by atoms with E-state index in [-0.39, 0.29) is 0 Å². The lowest BCUT2D eigenvalue weighted by Crippen LogP contribution is -1.96. The number of aromatic nitrogens is 3. The van der Waals surface area contributed by atoms with E-state index in [0.29, 0.717) is 11.6 Å². The summed E-state index contributed by atoms with van der Waals surface area (Å²) in [6, 6.07) is 17.2. The van der Waals surface area contributed by atoms with Crippen LogP contribution in [0.25, 0.3) is 5.69 Å². The van der Waals surface area contributed by atoms with Crippen LogP contribution >= 0.6 is 58.3 Å². The molecule has 0 unspecified atom stereocenters. The molecule has 2 aromatic heterocycles. The summed E-state index contributed by atoms with van der Waals surface area (Å²) in [5.41, 5.74) is 1.99. The largest absolute Gasteiger partial charge is 0.486 e. The molecule has 4 nitrogen and oxygen atoms in total. The summed E-state index contributed by atoms with van der Waals surface area (Å²) in [4.78, 5) is 4.64. The summed E-state index contributed by atoms with van der Waals surface area (Å²) in [6.07, 6.45) is 0. The van der Waals surface area contributed by atoms with E-state index < -0.39 is 0 Å². The molecule has 9 heteroatoms. The first-order chi connectivity index (χ1) is 13.7. The predicted octanol–water partition coefficient (Wildman–Crippen LogP) is 6.64. The van der Waals surface area contributed by atoms with Crippen molar-refractivity contribution in [3.8, 4) is 11.4 Å². The fourth-order valence-electron chi connectivity index (χ4n) is 2.34. The Kier molecular flexibility index (Phi) is 6.43. The predicted molar refractivity (Wildman–Crippen MR) is 120 cm³/mol. The van der Waals surface area contributed by atoms with Gasteiger partial charge in [-0.1, -0.05) is 52.9 Å². The van der Waals surface area contributed by atoms with E-state index in [1.165, 1.54) is 11.3 Å². The summed E-state index contributed by atoms with van der Waals surface area (Å²) in [7, 11) is 0. The van der Waals surface area contributed by atoms with Gasteiger partial charge in [-0.25, -0.2) is 9.67 Å². The van der Waals surface area contributed by atoms with Gasteiger partial charge in [0.25, 0.3) is 0 Å². The molecule has 0 saturated heterocycles. The van der Waals surface area contributed by atoms with E-state index >= 15 is 0 Å². The second-order valence-corrected chi connectivity index (χ2v) is 9.87. The number of para-hydroxylation sites is 1. The molecule has 4 rings (SSSR count). The van der Waals surface area contributed by atoms with Gasteiger partial charge < -0.3 is 4.74 Å². The number of halogens is 1. The molecule has 2 aromatic carbocycles. The molecule has 0 bridgehead atoms. The minimum absolute atomic E-state index is 0.443. The van der Waals surface area contributed by atoms with Gasteiger partial charge in [-0.05, 0) is 48.6 Å². The lowest BCUT2D eigenvalue weighted by Gasteiger charge is -2.03. The third-order valence-corrected chi connectivity index (χ3v) is 7.17. The molecule has 142 valence electrons. The maximum atomic E-state index is 5.88. The van der Waals surface area contributed by atoms with Gasteiger partial charge in [0.15, 0.2) is 8.29 Å². The minimum atomic E-state index is 0.443. The van der Waals surface area contributed by atoms with E-state index in [1.807, 2.05) is 54.6 Å². The zero-order valence-corrected chi connectivity index (χ0v) is 18.5. The van der Waals surface area contributed by atoms with Crippen molar-refractivity contribution in [3.63, 3.8) is 0 Å². The monoisotopic (exact) mass is 463 g/mol. The number of hydrogen-bond donors (Lipinski definition) is 0. The fraction of sp³-hybridized carbons (Fsp3) is 0.105. The first kappa shape index (κ1) is 19.6. The van der Waals surface area contributed by atoms with Crippen LogP contribution in [-0.2, 0) is 12.4 Å². The Morgan fingerprint density at radius 1 is 1.11 bits per heavy atom. The number of ether oxygens (including phenoxy) is 1. The second-order valence-electron chi connectivity index (χ2n) is 5.65. The molecule has 0 saturated carbocycles. The summed E-state index contributed by atoms with van der Waals surface area (Å²) < 4.78 is 9.22. The van der Waals surface area contributed by atoms with Crippen molar-refractivity contribution < 1.29 is 4.74 Å². The van der Waals surface area contributed by atoms with Gasteiger partial charge in [-0.15, -0.1) is 16.4 Å². The van der Waals surface area contributed by atoms with Crippen LogP contribution in [0.2, 0.25) is 5.02 Å². The molecule has 4 aromatic rings. The van der Waals surface area contributed by atoms with Gasteiger partial charge in [-0.3, -0.25) is 0 Å². The highest BCUT2D eigenvalue weighted by Crippen LogP contribution is 2.28. The topological polar surface area (TPSA) is 39.9 Å². The SMILES string of the molecule is S=c1sc(SCc2csc(COc3ccc(Cl)cc3)n2)nn1-c1ccccc1. The molecule has 2 heterocycles. The van der Waals surface area contributed by atoms with Crippen LogP contribution in [-0.4, -0.2) is 14.8 Å². The summed E-state index contributed by atoms with van der Waals surface area (Å²) >= 11 is 16.1. The second kappa shape index (κ2) is 9.19. The zero-order chi connectivity index (χ0) is 19.3. The molecule has 0 aliphatic rings. The Bertz CT molecular complexity index is 1110. The average Bonchev–Trinajstić information content (AvgIpc) is 3.33. The number of hydrogen-bond acceptors (Lipinski definition) is 7. The van der Waals surface area contributed by atoms with Crippen molar-refractivity contribution in [2.75, 3.05) is 0 Å². The molecular formula is C19H14ClN3OS4. The maximum absolute atomic E-state index is 5.88. The van der Waals surface area contributed by atoms with Gasteiger partial charge in [0.05, 0.1) is 11.4 Å². The third kappa shape index (κ3) is 5.01.